The number of unbranched alkanes of at least 4 members (excludes halogenated alkanes) is 3. The van der Waals surface area contributed by atoms with Crippen molar-refractivity contribution < 1.29 is 4.74 Å². The van der Waals surface area contributed by atoms with Gasteiger partial charge in [-0.15, -0.1) is 0 Å². The Bertz CT molecular complexity index is 279. The molecule has 102 valence electrons. The van der Waals surface area contributed by atoms with E-state index in [-0.39, 0.29) is 0 Å². The van der Waals surface area contributed by atoms with E-state index in [2.05, 4.69) is 21.2 Å². The zero-order chi connectivity index (χ0) is 12.9. The second kappa shape index (κ2) is 11.5. The maximum Gasteiger partial charge on any atom is 0.119 e. The third-order valence-electron chi connectivity index (χ3n) is 2.75. The molecule has 0 atom stereocenters. The number of hydrogen-bond acceptors (Lipinski definition) is 2. The lowest BCUT2D eigenvalue weighted by atomic mass is 10.2. The van der Waals surface area contributed by atoms with Crippen molar-refractivity contribution in [3.63, 3.8) is 0 Å². The molecule has 0 heterocycles. The summed E-state index contributed by atoms with van der Waals surface area (Å²) >= 11 is 3.45. The van der Waals surface area contributed by atoms with Crippen LogP contribution < -0.4 is 10.1 Å². The van der Waals surface area contributed by atoms with E-state index in [0.717, 1.165) is 37.2 Å². The molecule has 0 aliphatic rings. The minimum Gasteiger partial charge on any atom is -0.494 e. The van der Waals surface area contributed by atoms with Crippen LogP contribution in [0, 0.1) is 0 Å². The lowest BCUT2D eigenvalue weighted by molar-refractivity contribution is 0.308. The van der Waals surface area contributed by atoms with Crippen LogP contribution in [0.3, 0.4) is 0 Å². The maximum atomic E-state index is 5.62. The Morgan fingerprint density at radius 1 is 0.889 bits per heavy atom. The van der Waals surface area contributed by atoms with Crippen LogP contribution >= 0.6 is 15.9 Å². The lowest BCUT2D eigenvalue weighted by Crippen LogP contribution is -2.18. The smallest absolute Gasteiger partial charge is 0.119 e. The fourth-order valence-corrected chi connectivity index (χ4v) is 2.12. The van der Waals surface area contributed by atoms with Crippen molar-refractivity contribution in [1.82, 2.24) is 5.32 Å². The highest BCUT2D eigenvalue weighted by Crippen LogP contribution is 2.08. The molecule has 0 aliphatic heterocycles. The van der Waals surface area contributed by atoms with Gasteiger partial charge in [0, 0.05) is 5.33 Å². The average molecular weight is 314 g/mol. The molecule has 3 heteroatoms. The standard InChI is InChI=1S/C15H24BrNO/c16-11-6-1-2-7-12-17-13-8-14-18-15-9-4-3-5-10-15/h3-5,9-10,17H,1-2,6-8,11-14H2. The number of nitrogens with one attached hydrogen (secondary N) is 1. The number of para-hydroxylation sites is 1. The SMILES string of the molecule is BrCCCCCCNCCCOc1ccccc1. The van der Waals surface area contributed by atoms with E-state index < -0.39 is 0 Å². The minimum atomic E-state index is 0.792. The Labute approximate surface area is 119 Å². The molecule has 0 radical (unpaired) electrons. The van der Waals surface area contributed by atoms with Crippen molar-refractivity contribution in [1.29, 1.82) is 0 Å². The summed E-state index contributed by atoms with van der Waals surface area (Å²) in [6, 6.07) is 10.00. The highest BCUT2D eigenvalue weighted by Gasteiger charge is 1.92. The highest BCUT2D eigenvalue weighted by molar-refractivity contribution is 9.09. The molecule has 1 N–H and O–H groups in total. The van der Waals surface area contributed by atoms with Crippen LogP contribution in [0.1, 0.15) is 32.1 Å². The predicted octanol–water partition coefficient (Wildman–Crippen LogP) is 4.00. The number of rotatable bonds is 11. The molecule has 1 rings (SSSR count). The maximum absolute atomic E-state index is 5.62. The van der Waals surface area contributed by atoms with Gasteiger partial charge in [0.05, 0.1) is 6.61 Å². The molecular formula is C15H24BrNO. The monoisotopic (exact) mass is 313 g/mol. The van der Waals surface area contributed by atoms with Crippen molar-refractivity contribution in [3.05, 3.63) is 30.3 Å². The Morgan fingerprint density at radius 2 is 1.61 bits per heavy atom. The van der Waals surface area contributed by atoms with Crippen molar-refractivity contribution in [2.75, 3.05) is 25.0 Å². The Morgan fingerprint density at radius 3 is 2.39 bits per heavy atom. The average Bonchev–Trinajstić information content (AvgIpc) is 2.42. The normalized spacial score (nSPS) is 10.5. The molecule has 0 saturated carbocycles. The summed E-state index contributed by atoms with van der Waals surface area (Å²) < 4.78 is 5.62. The summed E-state index contributed by atoms with van der Waals surface area (Å²) in [7, 11) is 0. The molecule has 0 bridgehead atoms. The van der Waals surface area contributed by atoms with Gasteiger partial charge in [-0.2, -0.15) is 0 Å². The van der Waals surface area contributed by atoms with Gasteiger partial charge in [0.2, 0.25) is 0 Å². The topological polar surface area (TPSA) is 21.3 Å². The third kappa shape index (κ3) is 8.54. The molecule has 0 saturated heterocycles. The van der Waals surface area contributed by atoms with Gasteiger partial charge >= 0.3 is 0 Å². The van der Waals surface area contributed by atoms with Crippen molar-refractivity contribution in [3.8, 4) is 5.75 Å². The van der Waals surface area contributed by atoms with Crippen LogP contribution in [0.25, 0.3) is 0 Å². The number of halogens is 1. The summed E-state index contributed by atoms with van der Waals surface area (Å²) in [6.45, 7) is 2.97. The van der Waals surface area contributed by atoms with Crippen molar-refractivity contribution >= 4 is 15.9 Å². The lowest BCUT2D eigenvalue weighted by Gasteiger charge is -2.07. The summed E-state index contributed by atoms with van der Waals surface area (Å²) in [5.41, 5.74) is 0. The van der Waals surface area contributed by atoms with E-state index in [1.54, 1.807) is 0 Å². The molecule has 0 amide bonds. The molecular weight excluding hydrogens is 290 g/mol. The van der Waals surface area contributed by atoms with E-state index in [4.69, 9.17) is 4.74 Å². The van der Waals surface area contributed by atoms with Crippen LogP contribution in [-0.2, 0) is 0 Å². The van der Waals surface area contributed by atoms with E-state index in [0.29, 0.717) is 0 Å². The van der Waals surface area contributed by atoms with Gasteiger partial charge in [-0.1, -0.05) is 47.0 Å². The molecule has 0 spiro atoms. The second-order valence-electron chi connectivity index (χ2n) is 4.37. The molecule has 1 aromatic carbocycles. The van der Waals surface area contributed by atoms with Crippen LogP contribution in [-0.4, -0.2) is 25.0 Å². The molecule has 0 aromatic heterocycles. The first kappa shape index (κ1) is 15.5. The van der Waals surface area contributed by atoms with Gasteiger partial charge in [-0.25, -0.2) is 0 Å². The van der Waals surface area contributed by atoms with Gasteiger partial charge in [0.15, 0.2) is 0 Å². The minimum absolute atomic E-state index is 0.792. The first-order chi connectivity index (χ1) is 8.93. The number of alkyl halides is 1. The second-order valence-corrected chi connectivity index (χ2v) is 5.16. The largest absolute Gasteiger partial charge is 0.494 e. The summed E-state index contributed by atoms with van der Waals surface area (Å²) in [5.74, 6) is 0.965. The van der Waals surface area contributed by atoms with Crippen LogP contribution in [0.2, 0.25) is 0 Å². The fourth-order valence-electron chi connectivity index (χ4n) is 1.73. The van der Waals surface area contributed by atoms with Gasteiger partial charge < -0.3 is 10.1 Å². The summed E-state index contributed by atoms with van der Waals surface area (Å²) in [5, 5.41) is 4.59. The van der Waals surface area contributed by atoms with Crippen LogP contribution in [0.15, 0.2) is 30.3 Å². The molecule has 0 fully saturated rings. The predicted molar refractivity (Wildman–Crippen MR) is 81.7 cm³/mol. The van der Waals surface area contributed by atoms with Gasteiger partial charge in [-0.05, 0) is 44.5 Å². The van der Waals surface area contributed by atoms with Crippen molar-refractivity contribution in [2.24, 2.45) is 0 Å². The molecule has 1 aromatic rings. The Kier molecular flexibility index (Phi) is 9.95. The zero-order valence-corrected chi connectivity index (χ0v) is 12.6. The Hall–Kier alpha value is -0.540. The molecule has 0 unspecified atom stereocenters. The van der Waals surface area contributed by atoms with E-state index >= 15 is 0 Å². The van der Waals surface area contributed by atoms with Crippen molar-refractivity contribution in [2.45, 2.75) is 32.1 Å². The van der Waals surface area contributed by atoms with Crippen LogP contribution in [0.4, 0.5) is 0 Å². The molecule has 0 aliphatic carbocycles. The number of ether oxygens (including phenoxy) is 1. The fraction of sp³-hybridized carbons (Fsp3) is 0.600. The first-order valence-electron chi connectivity index (χ1n) is 6.88. The number of benzene rings is 1. The molecule has 18 heavy (non-hydrogen) atoms. The quantitative estimate of drug-likeness (QED) is 0.492. The van der Waals surface area contributed by atoms with Gasteiger partial charge in [0.25, 0.3) is 0 Å². The zero-order valence-electron chi connectivity index (χ0n) is 11.0. The van der Waals surface area contributed by atoms with Gasteiger partial charge in [-0.3, -0.25) is 0 Å². The third-order valence-corrected chi connectivity index (χ3v) is 3.31. The first-order valence-corrected chi connectivity index (χ1v) is 8.00. The summed E-state index contributed by atoms with van der Waals surface area (Å²) in [4.78, 5) is 0. The van der Waals surface area contributed by atoms with E-state index in [1.807, 2.05) is 30.3 Å². The van der Waals surface area contributed by atoms with E-state index in [9.17, 15) is 0 Å². The Balaban J connectivity index is 1.82. The van der Waals surface area contributed by atoms with E-state index in [1.165, 1.54) is 25.7 Å². The summed E-state index contributed by atoms with van der Waals surface area (Å²) in [6.07, 6.45) is 6.32. The van der Waals surface area contributed by atoms with Gasteiger partial charge in [0.1, 0.15) is 5.75 Å². The van der Waals surface area contributed by atoms with Crippen LogP contribution in [0.5, 0.6) is 5.75 Å². The molecule has 2 nitrogen and oxygen atoms in total. The highest BCUT2D eigenvalue weighted by atomic mass is 79.9. The number of hydrogen-bond donors (Lipinski definition) is 1.